The summed E-state index contributed by atoms with van der Waals surface area (Å²) in [6.07, 6.45) is 17.4. The predicted octanol–water partition coefficient (Wildman–Crippen LogP) is 33.2. The van der Waals surface area contributed by atoms with Crippen molar-refractivity contribution in [1.29, 1.82) is 0 Å². The number of aromatic amines is 4. The molecule has 0 radical (unpaired) electrons. The van der Waals surface area contributed by atoms with Gasteiger partial charge in [0, 0.05) is 44.3 Å². The summed E-state index contributed by atoms with van der Waals surface area (Å²) in [5.74, 6) is 22.6. The SMILES string of the molecule is CC(C)[Si](C#Cc1c2nc(c(-c3cc(C(C)(C)C)cc(C(C)(C)C)c3)c3ccc([nH]3)c(C#CC#Cc3c4nc(c(-c5cc(C(C)(C)C)cc(C(C)(C)C)c5)c5ccc([nH]5)c(C#C[Si](C(C)C)(C(C)C)C(C)C)c5nc(c(-c6cc(C(C)(C)C)cc(C(C)(C)C)c6)c6ccc3[nH]6)C=C5)C=C4)c3nc(c(-c4cc(C(C)(C)C)cc(C(C)(C)C)c4)c4ccc1[nH]4)C=C3)C=C2)(C(C)C)C(C)C. The molecule has 0 saturated heterocycles. The Kier molecular flexibility index (Phi) is 25.9. The molecular weight excluding hydrogens is 1630 g/mol. The number of hydrogen-bond donors (Lipinski definition) is 4. The highest BCUT2D eigenvalue weighted by molar-refractivity contribution is 6.91. The third-order valence-electron chi connectivity index (χ3n) is 28.3. The van der Waals surface area contributed by atoms with Crippen molar-refractivity contribution in [1.82, 2.24) is 39.9 Å². The second-order valence-electron chi connectivity index (χ2n) is 48.0. The van der Waals surface area contributed by atoms with Crippen molar-refractivity contribution in [3.63, 3.8) is 0 Å². The maximum Gasteiger partial charge on any atom is 0.146 e. The largest absolute Gasteiger partial charge is 0.354 e. The lowest BCUT2D eigenvalue weighted by Crippen LogP contribution is -2.43. The Bertz CT molecular complexity index is 6320. The molecule has 4 aliphatic heterocycles. The minimum absolute atomic E-state index is 0.179. The number of H-pyrrole nitrogens is 4. The molecule has 8 nitrogen and oxygen atoms in total. The summed E-state index contributed by atoms with van der Waals surface area (Å²) in [6.45, 7) is 84.1. The molecule has 16 bridgehead atoms. The van der Waals surface area contributed by atoms with E-state index in [0.29, 0.717) is 55.8 Å². The quantitative estimate of drug-likeness (QED) is 0.0806. The number of aromatic nitrogens is 8. The van der Waals surface area contributed by atoms with Crippen LogP contribution in [0.15, 0.2) is 121 Å². The summed E-state index contributed by atoms with van der Waals surface area (Å²) in [5.41, 5.74) is 43.8. The average Bonchev–Trinajstić information content (AvgIpc) is 1.57. The highest BCUT2D eigenvalue weighted by Crippen LogP contribution is 2.48. The van der Waals surface area contributed by atoms with Crippen molar-refractivity contribution in [2.75, 3.05) is 0 Å². The number of benzene rings is 4. The standard InChI is InChI=1S/C122H146N8Si2/c1-73(2)131(74(3)4,75(5)6)59-57-93-99-45-53-107(127-99)111(79-61-83(115(13,14)15)69-84(62-79)116(16,17)18)103-49-41-95(123-103)91(96-42-50-104(124-96)112(108-54-46-100(93)128-108)80-63-85(117(19,20)21)70-86(64-80)118(22,23)24)39-37-38-40-92-97-43-51-105(125-97)113(81-65-87(119(25,26)27)71-88(66-81)120(28,29)30)109-55-47-101(129-109)94(58-60-132(76(7)8,77(9)10)78(11)12)102-48-56-110(130-102)114(106-52-44-98(92)126-106)82-67-89(121(31,32)33)72-90(68-82)122(34,35)36/h41-56,61-78,123,125,128,130H,1-36H3. The fourth-order valence-electron chi connectivity index (χ4n) is 20.1. The Morgan fingerprint density at radius 1 is 0.212 bits per heavy atom. The van der Waals surface area contributed by atoms with Crippen molar-refractivity contribution >= 4 is 109 Å². The molecule has 0 spiro atoms. The van der Waals surface area contributed by atoms with Crippen LogP contribution in [0.25, 0.3) is 137 Å². The summed E-state index contributed by atoms with van der Waals surface area (Å²) in [5, 5.41) is 0. The second-order valence-corrected chi connectivity index (χ2v) is 59.2. The van der Waals surface area contributed by atoms with E-state index in [1.807, 2.05) is 0 Å². The Hall–Kier alpha value is -11.2. The number of nitrogens with one attached hydrogen (secondary N) is 4. The van der Waals surface area contributed by atoms with Gasteiger partial charge in [-0.1, -0.05) is 334 Å². The first kappa shape index (κ1) is 96.8. The minimum Gasteiger partial charge on any atom is -0.354 e. The van der Waals surface area contributed by atoms with Gasteiger partial charge in [0.25, 0.3) is 0 Å². The van der Waals surface area contributed by atoms with Gasteiger partial charge < -0.3 is 19.9 Å². The van der Waals surface area contributed by atoms with Gasteiger partial charge >= 0.3 is 0 Å². The van der Waals surface area contributed by atoms with Crippen molar-refractivity contribution in [2.45, 2.75) is 326 Å². The Balaban J connectivity index is 1.13. The van der Waals surface area contributed by atoms with Gasteiger partial charge in [-0.2, -0.15) is 0 Å². The van der Waals surface area contributed by atoms with Crippen molar-refractivity contribution in [3.05, 3.63) is 234 Å². The van der Waals surface area contributed by atoms with Crippen LogP contribution in [0.2, 0.25) is 33.2 Å². The average molecular weight is 1780 g/mol. The van der Waals surface area contributed by atoms with Gasteiger partial charge in [-0.05, 0) is 264 Å². The number of nitrogens with zero attached hydrogens (tertiary/aromatic N) is 4. The van der Waals surface area contributed by atoms with Gasteiger partial charge in [0.2, 0.25) is 0 Å². The summed E-state index contributed by atoms with van der Waals surface area (Å²) < 4.78 is 0. The normalized spacial score (nSPS) is 13.5. The van der Waals surface area contributed by atoms with Gasteiger partial charge in [0.05, 0.1) is 89.9 Å². The van der Waals surface area contributed by atoms with Crippen LogP contribution < -0.4 is 0 Å². The lowest BCUT2D eigenvalue weighted by molar-refractivity contribution is 0.568. The third-order valence-corrected chi connectivity index (χ3v) is 40.9. The molecule has 0 aliphatic carbocycles. The van der Waals surface area contributed by atoms with Crippen LogP contribution in [0.1, 0.15) is 362 Å². The van der Waals surface area contributed by atoms with Crippen LogP contribution in [0.4, 0.5) is 0 Å². The maximum atomic E-state index is 5.85. The molecule has 0 atom stereocenters. The molecule has 0 unspecified atom stereocenters. The van der Waals surface area contributed by atoms with E-state index in [1.54, 1.807) is 0 Å². The van der Waals surface area contributed by atoms with E-state index >= 15 is 0 Å². The zero-order valence-electron chi connectivity index (χ0n) is 86.4. The first-order valence-electron chi connectivity index (χ1n) is 48.4. The Morgan fingerprint density at radius 3 is 0.538 bits per heavy atom. The molecule has 0 amide bonds. The van der Waals surface area contributed by atoms with E-state index in [-0.39, 0.29) is 43.3 Å². The van der Waals surface area contributed by atoms with Gasteiger partial charge in [0.15, 0.2) is 0 Å². The lowest BCUT2D eigenvalue weighted by atomic mass is 9.78. The first-order chi connectivity index (χ1) is 61.3. The number of rotatable bonds is 10. The van der Waals surface area contributed by atoms with Crippen LogP contribution >= 0.6 is 0 Å². The highest BCUT2D eigenvalue weighted by Gasteiger charge is 2.44. The van der Waals surface area contributed by atoms with E-state index in [4.69, 9.17) is 19.9 Å². The van der Waals surface area contributed by atoms with E-state index in [0.717, 1.165) is 134 Å². The lowest BCUT2D eigenvalue weighted by Gasteiger charge is -2.38. The fraction of sp³-hybridized carbons (Fsp3) is 0.410. The Morgan fingerprint density at radius 2 is 0.371 bits per heavy atom. The summed E-state index contributed by atoms with van der Waals surface area (Å²) >= 11 is 0. The monoisotopic (exact) mass is 1780 g/mol. The van der Waals surface area contributed by atoms with Crippen LogP contribution in [0.5, 0.6) is 0 Å². The molecule has 10 heterocycles. The third kappa shape index (κ3) is 19.3. The van der Waals surface area contributed by atoms with Crippen LogP contribution in [0.3, 0.4) is 0 Å². The van der Waals surface area contributed by atoms with Crippen LogP contribution in [-0.2, 0) is 43.3 Å². The zero-order valence-corrected chi connectivity index (χ0v) is 88.4. The van der Waals surface area contributed by atoms with Gasteiger partial charge in [-0.3, -0.25) is 0 Å². The molecule has 6 aromatic heterocycles. The molecule has 10 aromatic rings. The van der Waals surface area contributed by atoms with Gasteiger partial charge in [-0.15, -0.1) is 11.1 Å². The first-order valence-corrected chi connectivity index (χ1v) is 52.9. The molecule has 14 rings (SSSR count). The molecule has 0 saturated carbocycles. The zero-order chi connectivity index (χ0) is 96.4. The molecule has 0 fully saturated rings. The van der Waals surface area contributed by atoms with Gasteiger partial charge in [-0.25, -0.2) is 19.9 Å². The van der Waals surface area contributed by atoms with Gasteiger partial charge in [0.1, 0.15) is 16.1 Å². The number of fused-ring (bicyclic) bond motifs is 16. The fourth-order valence-corrected chi connectivity index (χ4v) is 30.5. The second kappa shape index (κ2) is 35.3. The molecule has 4 aromatic carbocycles. The van der Waals surface area contributed by atoms with E-state index < -0.39 is 16.1 Å². The topological polar surface area (TPSA) is 115 Å². The summed E-state index contributed by atoms with van der Waals surface area (Å²) in [6, 6.07) is 46.3. The molecule has 682 valence electrons. The molecule has 4 N–H and O–H groups in total. The minimum atomic E-state index is -2.30. The molecule has 132 heavy (non-hydrogen) atoms. The van der Waals surface area contributed by atoms with Crippen molar-refractivity contribution in [3.8, 4) is 91.1 Å². The van der Waals surface area contributed by atoms with E-state index in [2.05, 4.69) is 486 Å². The van der Waals surface area contributed by atoms with Crippen LogP contribution in [0, 0.1) is 46.6 Å². The van der Waals surface area contributed by atoms with E-state index in [9.17, 15) is 0 Å². The van der Waals surface area contributed by atoms with Crippen LogP contribution in [-0.4, -0.2) is 56.0 Å². The highest BCUT2D eigenvalue weighted by atomic mass is 28.3. The molecule has 4 aliphatic rings. The predicted molar refractivity (Wildman–Crippen MR) is 579 cm³/mol. The number of hydrogen-bond acceptors (Lipinski definition) is 4. The summed E-state index contributed by atoms with van der Waals surface area (Å²) in [4.78, 5) is 39.7. The van der Waals surface area contributed by atoms with E-state index in [1.165, 1.54) is 44.5 Å². The van der Waals surface area contributed by atoms with Crippen molar-refractivity contribution < 1.29 is 0 Å². The smallest absolute Gasteiger partial charge is 0.146 e. The summed E-state index contributed by atoms with van der Waals surface area (Å²) in [7, 11) is -4.60. The maximum absolute atomic E-state index is 5.85. The Labute approximate surface area is 793 Å². The van der Waals surface area contributed by atoms with Crippen molar-refractivity contribution in [2.24, 2.45) is 0 Å². The molecular formula is C122H146N8Si2. The molecule has 10 heteroatoms.